The largest absolute Gasteiger partial charge is 0.444 e. The van der Waals surface area contributed by atoms with Gasteiger partial charge in [-0.15, -0.1) is 11.3 Å². The van der Waals surface area contributed by atoms with Crippen LogP contribution in [0.1, 0.15) is 50.8 Å². The molecule has 0 radical (unpaired) electrons. The number of nitriles is 1. The predicted molar refractivity (Wildman–Crippen MR) is 149 cm³/mol. The van der Waals surface area contributed by atoms with Gasteiger partial charge in [0, 0.05) is 29.1 Å². The molecule has 2 N–H and O–H groups in total. The lowest BCUT2D eigenvalue weighted by Gasteiger charge is -2.23. The molecule has 1 saturated heterocycles. The Morgan fingerprint density at radius 2 is 2.02 bits per heavy atom. The van der Waals surface area contributed by atoms with Gasteiger partial charge in [-0.25, -0.2) is 23.5 Å². The molecule has 2 aliphatic heterocycles. The smallest absolute Gasteiger partial charge is 0.412 e. The molecule has 3 aromatic heterocycles. The molecule has 1 aromatic carbocycles. The summed E-state index contributed by atoms with van der Waals surface area (Å²) < 4.78 is 42.7. The average Bonchev–Trinajstić information content (AvgIpc) is 3.62. The lowest BCUT2D eigenvalue weighted by Crippen LogP contribution is -2.33. The summed E-state index contributed by atoms with van der Waals surface area (Å²) >= 11 is 0.842. The molecule has 2 aliphatic rings. The number of carbonyl (C=O) groups is 1. The fourth-order valence-corrected chi connectivity index (χ4v) is 6.39. The van der Waals surface area contributed by atoms with Crippen molar-refractivity contribution in [3.05, 3.63) is 40.7 Å². The summed E-state index contributed by atoms with van der Waals surface area (Å²) in [6.07, 6.45) is 1.70. The summed E-state index contributed by atoms with van der Waals surface area (Å²) in [4.78, 5) is 27.6. The van der Waals surface area contributed by atoms with E-state index in [4.69, 9.17) is 9.47 Å². The molecule has 1 fully saturated rings. The first-order chi connectivity index (χ1) is 19.5. The molecule has 1 amide bonds. The number of nitrogens with one attached hydrogen (secondary N) is 1. The first-order valence-electron chi connectivity index (χ1n) is 13.0. The van der Waals surface area contributed by atoms with Crippen LogP contribution < -0.4 is 10.2 Å². The number of carbonyl (C=O) groups excluding carboxylic acids is 1. The zero-order valence-electron chi connectivity index (χ0n) is 22.7. The van der Waals surface area contributed by atoms with Crippen LogP contribution in [0.25, 0.3) is 32.2 Å². The highest BCUT2D eigenvalue weighted by Gasteiger charge is 2.33. The molecule has 4 aromatic rings. The third-order valence-corrected chi connectivity index (χ3v) is 8.40. The van der Waals surface area contributed by atoms with Gasteiger partial charge in [-0.3, -0.25) is 10.3 Å². The zero-order chi connectivity index (χ0) is 29.2. The molecule has 41 heavy (non-hydrogen) atoms. The van der Waals surface area contributed by atoms with E-state index in [9.17, 15) is 15.2 Å². The molecule has 6 rings (SSSR count). The highest BCUT2D eigenvalue weighted by atomic mass is 32.1. The van der Waals surface area contributed by atoms with Crippen molar-refractivity contribution in [1.82, 2.24) is 15.0 Å². The van der Waals surface area contributed by atoms with Crippen molar-refractivity contribution < 1.29 is 28.2 Å². The van der Waals surface area contributed by atoms with Crippen LogP contribution in [0.15, 0.2) is 12.4 Å². The Balaban J connectivity index is 1.56. The number of aliphatic hydroxyl groups is 1. The minimum absolute atomic E-state index is 0.0305. The summed E-state index contributed by atoms with van der Waals surface area (Å²) in [7, 11) is 0. The Kier molecular flexibility index (Phi) is 6.52. The van der Waals surface area contributed by atoms with E-state index in [1.807, 2.05) is 17.9 Å². The van der Waals surface area contributed by atoms with Gasteiger partial charge < -0.3 is 19.5 Å². The van der Waals surface area contributed by atoms with Crippen LogP contribution in [-0.2, 0) is 22.7 Å². The number of aliphatic hydroxyl groups excluding tert-OH is 1. The Morgan fingerprint density at radius 3 is 2.71 bits per heavy atom. The van der Waals surface area contributed by atoms with Gasteiger partial charge in [-0.05, 0) is 45.2 Å². The maximum atomic E-state index is 16.6. The number of halogens is 2. The lowest BCUT2D eigenvalue weighted by molar-refractivity contribution is 0.0636. The fraction of sp³-hybridized carbons (Fsp3) is 0.393. The van der Waals surface area contributed by atoms with Crippen LogP contribution in [0.5, 0.6) is 0 Å². The predicted octanol–water partition coefficient (Wildman–Crippen LogP) is 5.39. The van der Waals surface area contributed by atoms with Crippen LogP contribution in [0.2, 0.25) is 0 Å². The van der Waals surface area contributed by atoms with Crippen LogP contribution in [0, 0.1) is 23.0 Å². The van der Waals surface area contributed by atoms with Crippen molar-refractivity contribution in [2.45, 2.75) is 65.1 Å². The van der Waals surface area contributed by atoms with E-state index in [0.717, 1.165) is 17.5 Å². The number of fused-ring (bicyclic) bond motifs is 4. The quantitative estimate of drug-likeness (QED) is 0.327. The highest BCUT2D eigenvalue weighted by molar-refractivity contribution is 7.23. The first-order valence-corrected chi connectivity index (χ1v) is 13.8. The highest BCUT2D eigenvalue weighted by Crippen LogP contribution is 2.46. The van der Waals surface area contributed by atoms with Gasteiger partial charge in [0.2, 0.25) is 5.95 Å². The van der Waals surface area contributed by atoms with E-state index >= 15 is 8.78 Å². The molecule has 0 saturated carbocycles. The van der Waals surface area contributed by atoms with Crippen LogP contribution in [-0.4, -0.2) is 50.4 Å². The lowest BCUT2D eigenvalue weighted by atomic mass is 9.94. The minimum Gasteiger partial charge on any atom is -0.444 e. The van der Waals surface area contributed by atoms with Gasteiger partial charge in [0.15, 0.2) is 11.6 Å². The molecule has 10 nitrogen and oxygen atoms in total. The third kappa shape index (κ3) is 4.52. The maximum Gasteiger partial charge on any atom is 0.412 e. The summed E-state index contributed by atoms with van der Waals surface area (Å²) in [5.41, 5.74) is 0.443. The van der Waals surface area contributed by atoms with E-state index in [1.165, 1.54) is 0 Å². The van der Waals surface area contributed by atoms with Crippen molar-refractivity contribution in [3.63, 3.8) is 0 Å². The molecule has 13 heteroatoms. The standard InChI is InChI=1S/C28H26F2N6O4S/c1-12-18(37)5-6-36(12)26-33-8-14-15-10-39-11-16(15)19(21(30)22(14)34-26)23-20-13(7-31)25(35-27(38)40-28(2,3)4)41-24(20)17(29)9-32-23/h8-9,12,18,37H,5-6,10-11H2,1-4H3,(H,35,38)/t12-,18+/m0/s1. The van der Waals surface area contributed by atoms with Gasteiger partial charge in [0.05, 0.1) is 47.5 Å². The van der Waals surface area contributed by atoms with Crippen molar-refractivity contribution in [1.29, 1.82) is 5.26 Å². The molecule has 5 heterocycles. The number of aromatic nitrogens is 3. The molecule has 0 spiro atoms. The Hall–Kier alpha value is -3.99. The van der Waals surface area contributed by atoms with E-state index in [-0.39, 0.29) is 62.6 Å². The number of ether oxygens (including phenoxy) is 2. The number of anilines is 2. The second-order valence-corrected chi connectivity index (χ2v) is 12.1. The maximum absolute atomic E-state index is 16.6. The van der Waals surface area contributed by atoms with Gasteiger partial charge in [0.1, 0.15) is 22.2 Å². The Morgan fingerprint density at radius 1 is 1.27 bits per heavy atom. The molecule has 0 bridgehead atoms. The molecule has 2 atom stereocenters. The van der Waals surface area contributed by atoms with Crippen LogP contribution in [0.4, 0.5) is 24.5 Å². The summed E-state index contributed by atoms with van der Waals surface area (Å²) in [6, 6.07) is 1.78. The van der Waals surface area contributed by atoms with Crippen LogP contribution >= 0.6 is 11.3 Å². The summed E-state index contributed by atoms with van der Waals surface area (Å²) in [5, 5.41) is 23.5. The number of pyridine rings is 1. The molecule has 0 aliphatic carbocycles. The fourth-order valence-electron chi connectivity index (χ4n) is 5.35. The normalized spacial score (nSPS) is 18.6. The third-order valence-electron chi connectivity index (χ3n) is 7.29. The number of hydrogen-bond donors (Lipinski definition) is 2. The zero-order valence-corrected chi connectivity index (χ0v) is 23.5. The molecule has 212 valence electrons. The summed E-state index contributed by atoms with van der Waals surface area (Å²) in [6.45, 7) is 7.70. The Bertz CT molecular complexity index is 1780. The monoisotopic (exact) mass is 580 g/mol. The molecular formula is C28H26F2N6O4S. The molecule has 0 unspecified atom stereocenters. The van der Waals surface area contributed by atoms with Crippen molar-refractivity contribution in [2.75, 3.05) is 16.8 Å². The topological polar surface area (TPSA) is 133 Å². The molecular weight excluding hydrogens is 554 g/mol. The van der Waals surface area contributed by atoms with Crippen molar-refractivity contribution >= 4 is 49.4 Å². The second kappa shape index (κ2) is 9.83. The number of hydrogen-bond acceptors (Lipinski definition) is 10. The van der Waals surface area contributed by atoms with Gasteiger partial charge >= 0.3 is 6.09 Å². The number of benzene rings is 1. The minimum atomic E-state index is -0.813. The summed E-state index contributed by atoms with van der Waals surface area (Å²) in [5.74, 6) is -1.15. The van der Waals surface area contributed by atoms with Gasteiger partial charge in [0.25, 0.3) is 0 Å². The number of thiophene rings is 1. The van der Waals surface area contributed by atoms with E-state index < -0.39 is 29.4 Å². The van der Waals surface area contributed by atoms with Gasteiger partial charge in [-0.2, -0.15) is 5.26 Å². The van der Waals surface area contributed by atoms with Crippen molar-refractivity contribution in [3.8, 4) is 17.3 Å². The van der Waals surface area contributed by atoms with E-state index in [2.05, 4.69) is 20.3 Å². The van der Waals surface area contributed by atoms with E-state index in [0.29, 0.717) is 29.5 Å². The second-order valence-electron chi connectivity index (χ2n) is 11.1. The van der Waals surface area contributed by atoms with Crippen molar-refractivity contribution in [2.24, 2.45) is 0 Å². The number of nitrogens with zero attached hydrogens (tertiary/aromatic N) is 5. The SMILES string of the molecule is C[C@H]1[C@H](O)CCN1c1ncc2c3c(c(-c4ncc(F)c5sc(NC(=O)OC(C)(C)C)c(C#N)c45)c(F)c2n1)COC3. The van der Waals surface area contributed by atoms with E-state index in [1.54, 1.807) is 27.0 Å². The Labute approximate surface area is 237 Å². The number of rotatable bonds is 3. The number of amides is 1. The average molecular weight is 581 g/mol. The van der Waals surface area contributed by atoms with Crippen LogP contribution in [0.3, 0.4) is 0 Å². The first kappa shape index (κ1) is 27.2. The van der Waals surface area contributed by atoms with Gasteiger partial charge in [-0.1, -0.05) is 0 Å².